The molecule has 0 radical (unpaired) electrons. The van der Waals surface area contributed by atoms with E-state index in [2.05, 4.69) is 0 Å². The summed E-state index contributed by atoms with van der Waals surface area (Å²) in [6.07, 6.45) is 0. The van der Waals surface area contributed by atoms with Crippen LogP contribution in [0.15, 0.2) is 24.3 Å². The van der Waals surface area contributed by atoms with Crippen LogP contribution in [0.4, 0.5) is 5.69 Å². The van der Waals surface area contributed by atoms with Gasteiger partial charge in [-0.2, -0.15) is 0 Å². The van der Waals surface area contributed by atoms with Gasteiger partial charge in [0.05, 0.1) is 4.92 Å². The Balaban J connectivity index is 2.16. The van der Waals surface area contributed by atoms with Gasteiger partial charge in [0.15, 0.2) is 10.5 Å². The average Bonchev–Trinajstić information content (AvgIpc) is 2.43. The molecule has 1 aliphatic heterocycles. The van der Waals surface area contributed by atoms with Crippen LogP contribution in [-0.4, -0.2) is 40.6 Å². The molecule has 2 rings (SSSR count). The predicted octanol–water partition coefficient (Wildman–Crippen LogP) is 0.728. The van der Waals surface area contributed by atoms with Crippen LogP contribution in [0.3, 0.4) is 0 Å². The number of benzene rings is 1. The van der Waals surface area contributed by atoms with Crippen molar-refractivity contribution in [3.8, 4) is 0 Å². The Kier molecular flexibility index (Phi) is 3.32. The number of rotatable bonds is 4. The van der Waals surface area contributed by atoms with Gasteiger partial charge in [-0.1, -0.05) is 0 Å². The van der Waals surface area contributed by atoms with Gasteiger partial charge in [0, 0.05) is 17.7 Å². The maximum absolute atomic E-state index is 11.9. The lowest BCUT2D eigenvalue weighted by atomic mass is 10.1. The zero-order valence-corrected chi connectivity index (χ0v) is 12.1. The van der Waals surface area contributed by atoms with Crippen molar-refractivity contribution in [1.82, 2.24) is 4.31 Å². The highest BCUT2D eigenvalue weighted by Crippen LogP contribution is 2.34. The highest BCUT2D eigenvalue weighted by Gasteiger charge is 2.60. The van der Waals surface area contributed by atoms with Gasteiger partial charge in [0.2, 0.25) is 0 Å². The highest BCUT2D eigenvalue weighted by molar-refractivity contribution is 7.94. The third kappa shape index (κ3) is 2.19. The van der Waals surface area contributed by atoms with Gasteiger partial charge in [-0.05, 0) is 26.0 Å². The topological polar surface area (TPSA) is 115 Å². The number of ketones is 1. The second-order valence-corrected chi connectivity index (χ2v) is 7.47. The summed E-state index contributed by atoms with van der Waals surface area (Å²) in [7, 11) is -3.82. The van der Waals surface area contributed by atoms with Crippen molar-refractivity contribution in [3.63, 3.8) is 0 Å². The van der Waals surface area contributed by atoms with Crippen molar-refractivity contribution in [2.24, 2.45) is 0 Å². The van der Waals surface area contributed by atoms with Gasteiger partial charge in [0.25, 0.3) is 21.6 Å². The number of non-ortho nitro benzene ring substituents is 1. The first-order valence-corrected chi connectivity index (χ1v) is 7.37. The third-order valence-electron chi connectivity index (χ3n) is 3.36. The van der Waals surface area contributed by atoms with Gasteiger partial charge >= 0.3 is 0 Å². The highest BCUT2D eigenvalue weighted by atomic mass is 32.2. The number of carbonyl (C=O) groups excluding carboxylic acids is 2. The first-order chi connectivity index (χ1) is 9.59. The number of amides is 1. The summed E-state index contributed by atoms with van der Waals surface area (Å²) < 4.78 is 22.7. The molecule has 0 unspecified atom stereocenters. The molecule has 1 aromatic carbocycles. The van der Waals surface area contributed by atoms with E-state index in [4.69, 9.17) is 0 Å². The Bertz CT molecular complexity index is 736. The van der Waals surface area contributed by atoms with Crippen molar-refractivity contribution in [1.29, 1.82) is 0 Å². The number of nitro groups is 1. The number of nitrogens with zero attached hydrogens (tertiary/aromatic N) is 2. The fourth-order valence-electron chi connectivity index (χ4n) is 1.90. The number of Topliss-reactive ketones (excluding diaryl/α,β-unsaturated/α-hetero) is 1. The molecule has 1 heterocycles. The molecule has 9 heteroatoms. The smallest absolute Gasteiger partial charge is 0.269 e. The van der Waals surface area contributed by atoms with Crippen LogP contribution < -0.4 is 0 Å². The lowest BCUT2D eigenvalue weighted by molar-refractivity contribution is -0.384. The van der Waals surface area contributed by atoms with E-state index in [9.17, 15) is 28.1 Å². The standard InChI is InChI=1S/C12H12N2O6S/c1-12(2)11(16)13(21(12,19)20)7-10(15)8-3-5-9(6-4-8)14(17)18/h3-6H,7H2,1-2H3. The number of nitro benzene ring substituents is 1. The molecule has 0 aliphatic carbocycles. The molecule has 0 aromatic heterocycles. The quantitative estimate of drug-likeness (QED) is 0.460. The first kappa shape index (κ1) is 15.1. The van der Waals surface area contributed by atoms with Crippen molar-refractivity contribution >= 4 is 27.4 Å². The number of sulfonamides is 1. The zero-order valence-electron chi connectivity index (χ0n) is 11.3. The SMILES string of the molecule is CC1(C)C(=O)N(CC(=O)c2ccc([N+](=O)[O-])cc2)S1(=O)=O. The number of hydrogen-bond acceptors (Lipinski definition) is 6. The Morgan fingerprint density at radius 2 is 1.81 bits per heavy atom. The molecule has 1 saturated heterocycles. The van der Waals surface area contributed by atoms with E-state index < -0.39 is 37.9 Å². The summed E-state index contributed by atoms with van der Waals surface area (Å²) in [6, 6.07) is 4.73. The largest absolute Gasteiger partial charge is 0.292 e. The average molecular weight is 312 g/mol. The van der Waals surface area contributed by atoms with Crippen LogP contribution in [0, 0.1) is 10.1 Å². The van der Waals surface area contributed by atoms with E-state index >= 15 is 0 Å². The Labute approximate surface area is 120 Å². The van der Waals surface area contributed by atoms with Crippen molar-refractivity contribution in [2.45, 2.75) is 18.6 Å². The maximum atomic E-state index is 11.9. The van der Waals surface area contributed by atoms with E-state index in [1.807, 2.05) is 0 Å². The molecule has 8 nitrogen and oxygen atoms in total. The van der Waals surface area contributed by atoms with Gasteiger partial charge in [-0.3, -0.25) is 19.7 Å². The molecule has 1 aromatic rings. The summed E-state index contributed by atoms with van der Waals surface area (Å²) >= 11 is 0. The lowest BCUT2D eigenvalue weighted by Gasteiger charge is -2.42. The van der Waals surface area contributed by atoms with E-state index in [-0.39, 0.29) is 11.3 Å². The van der Waals surface area contributed by atoms with Crippen LogP contribution in [0.1, 0.15) is 24.2 Å². The van der Waals surface area contributed by atoms with Gasteiger partial charge in [-0.15, -0.1) is 0 Å². The summed E-state index contributed by atoms with van der Waals surface area (Å²) in [5, 5.41) is 10.5. The summed E-state index contributed by atoms with van der Waals surface area (Å²) in [5.41, 5.74) is -0.0753. The Hall–Kier alpha value is -2.29. The van der Waals surface area contributed by atoms with Crippen LogP contribution in [0.2, 0.25) is 0 Å². The van der Waals surface area contributed by atoms with Crippen molar-refractivity contribution in [2.75, 3.05) is 6.54 Å². The van der Waals surface area contributed by atoms with E-state index in [1.54, 1.807) is 0 Å². The minimum absolute atomic E-state index is 0.105. The van der Waals surface area contributed by atoms with Gasteiger partial charge in [-0.25, -0.2) is 12.7 Å². The first-order valence-electron chi connectivity index (χ1n) is 5.93. The minimum atomic E-state index is -3.82. The molecular weight excluding hydrogens is 300 g/mol. The molecule has 1 amide bonds. The van der Waals surface area contributed by atoms with E-state index in [1.165, 1.54) is 26.0 Å². The van der Waals surface area contributed by atoms with E-state index in [0.717, 1.165) is 12.1 Å². The van der Waals surface area contributed by atoms with E-state index in [0.29, 0.717) is 4.31 Å². The summed E-state index contributed by atoms with van der Waals surface area (Å²) in [5.74, 6) is -1.24. The second-order valence-electron chi connectivity index (χ2n) is 5.05. The third-order valence-corrected chi connectivity index (χ3v) is 5.70. The number of hydrogen-bond donors (Lipinski definition) is 0. The molecule has 0 saturated carbocycles. The zero-order chi connectivity index (χ0) is 16.0. The molecule has 0 bridgehead atoms. The predicted molar refractivity (Wildman–Crippen MR) is 72.1 cm³/mol. The van der Waals surface area contributed by atoms with Crippen molar-refractivity contribution in [3.05, 3.63) is 39.9 Å². The van der Waals surface area contributed by atoms with Crippen LogP contribution in [0.25, 0.3) is 0 Å². The lowest BCUT2D eigenvalue weighted by Crippen LogP contribution is -2.68. The van der Waals surface area contributed by atoms with Gasteiger partial charge < -0.3 is 0 Å². The van der Waals surface area contributed by atoms with Crippen LogP contribution in [-0.2, 0) is 14.8 Å². The molecule has 0 spiro atoms. The second kappa shape index (κ2) is 4.62. The molecule has 0 atom stereocenters. The number of carbonyl (C=O) groups is 2. The molecule has 1 fully saturated rings. The molecular formula is C12H12N2O6S. The van der Waals surface area contributed by atoms with Crippen molar-refractivity contribution < 1.29 is 22.9 Å². The van der Waals surface area contributed by atoms with Crippen LogP contribution in [0.5, 0.6) is 0 Å². The van der Waals surface area contributed by atoms with Gasteiger partial charge in [0.1, 0.15) is 6.54 Å². The molecule has 112 valence electrons. The Morgan fingerprint density at radius 1 is 1.29 bits per heavy atom. The Morgan fingerprint density at radius 3 is 2.24 bits per heavy atom. The monoisotopic (exact) mass is 312 g/mol. The molecule has 1 aliphatic rings. The summed E-state index contributed by atoms with van der Waals surface area (Å²) in [4.78, 5) is 33.6. The minimum Gasteiger partial charge on any atom is -0.292 e. The maximum Gasteiger partial charge on any atom is 0.269 e. The fraction of sp³-hybridized carbons (Fsp3) is 0.333. The summed E-state index contributed by atoms with van der Waals surface area (Å²) in [6.45, 7) is 1.96. The molecule has 0 N–H and O–H groups in total. The normalized spacial score (nSPS) is 19.0. The van der Waals surface area contributed by atoms with Crippen LogP contribution >= 0.6 is 0 Å². The fourth-order valence-corrected chi connectivity index (χ4v) is 3.39. The molecule has 21 heavy (non-hydrogen) atoms.